The average molecular weight is 357 g/mol. The number of pyridine rings is 1. The molecule has 26 heavy (non-hydrogen) atoms. The molecule has 1 atom stereocenters. The van der Waals surface area contributed by atoms with Crippen LogP contribution in [0.1, 0.15) is 54.7 Å². The van der Waals surface area contributed by atoms with Gasteiger partial charge in [-0.05, 0) is 46.1 Å². The number of H-pyrrole nitrogens is 1. The lowest BCUT2D eigenvalue weighted by atomic mass is 9.76. The van der Waals surface area contributed by atoms with Crippen LogP contribution in [0.3, 0.4) is 0 Å². The minimum absolute atomic E-state index is 0.103. The van der Waals surface area contributed by atoms with E-state index in [1.807, 2.05) is 19.9 Å². The highest BCUT2D eigenvalue weighted by Crippen LogP contribution is 2.35. The van der Waals surface area contributed by atoms with Crippen LogP contribution in [0.25, 0.3) is 0 Å². The van der Waals surface area contributed by atoms with Crippen molar-refractivity contribution in [3.05, 3.63) is 44.9 Å². The van der Waals surface area contributed by atoms with Crippen LogP contribution in [0, 0.1) is 23.7 Å². The number of carbonyl (C=O) groups excluding carboxylic acids is 1. The highest BCUT2D eigenvalue weighted by atomic mass is 16.4. The van der Waals surface area contributed by atoms with E-state index < -0.39 is 16.9 Å². The first-order valence-electron chi connectivity index (χ1n) is 8.50. The molecule has 1 aromatic rings. The Morgan fingerprint density at radius 2 is 2.15 bits per heavy atom. The van der Waals surface area contributed by atoms with E-state index in [1.165, 1.54) is 11.0 Å². The molecular formula is C19H23N3O4. The number of allylic oxidation sites excluding steroid dienone is 2. The van der Waals surface area contributed by atoms with E-state index in [-0.39, 0.29) is 23.6 Å². The monoisotopic (exact) mass is 357 g/mol. The number of nitrogens with zero attached hydrogens (tertiary/aromatic N) is 2. The highest BCUT2D eigenvalue weighted by Gasteiger charge is 2.43. The number of rotatable bonds is 4. The summed E-state index contributed by atoms with van der Waals surface area (Å²) in [5.74, 6) is -1.28. The van der Waals surface area contributed by atoms with Crippen molar-refractivity contribution in [2.45, 2.75) is 40.0 Å². The van der Waals surface area contributed by atoms with Crippen LogP contribution in [-0.4, -0.2) is 40.0 Å². The van der Waals surface area contributed by atoms with Crippen molar-refractivity contribution in [2.24, 2.45) is 5.41 Å². The number of nitrogens with one attached hydrogen (secondary N) is 1. The summed E-state index contributed by atoms with van der Waals surface area (Å²) in [4.78, 5) is 40.6. The molecule has 1 amide bonds. The summed E-state index contributed by atoms with van der Waals surface area (Å²) in [5.41, 5.74) is -0.0588. The van der Waals surface area contributed by atoms with Gasteiger partial charge in [0.05, 0.1) is 11.0 Å². The van der Waals surface area contributed by atoms with E-state index in [1.54, 1.807) is 13.0 Å². The maximum atomic E-state index is 12.9. The van der Waals surface area contributed by atoms with Crippen molar-refractivity contribution in [3.8, 4) is 6.07 Å². The number of aryl methyl sites for hydroxylation is 1. The van der Waals surface area contributed by atoms with Crippen LogP contribution in [0.15, 0.2) is 22.5 Å². The predicted octanol–water partition coefficient (Wildman–Crippen LogP) is 2.22. The van der Waals surface area contributed by atoms with Crippen LogP contribution in [0.5, 0.6) is 0 Å². The van der Waals surface area contributed by atoms with Gasteiger partial charge in [-0.3, -0.25) is 14.4 Å². The summed E-state index contributed by atoms with van der Waals surface area (Å²) < 4.78 is 0. The summed E-state index contributed by atoms with van der Waals surface area (Å²) in [5, 5.41) is 18.8. The second-order valence-electron chi connectivity index (χ2n) is 7.06. The molecule has 0 bridgehead atoms. The van der Waals surface area contributed by atoms with Gasteiger partial charge in [0.25, 0.3) is 11.5 Å². The lowest BCUT2D eigenvalue weighted by molar-refractivity contribution is -0.151. The van der Waals surface area contributed by atoms with Gasteiger partial charge in [0.1, 0.15) is 11.6 Å². The highest BCUT2D eigenvalue weighted by molar-refractivity contribution is 5.96. The molecule has 1 aliphatic rings. The number of amides is 1. The first kappa shape index (κ1) is 19.4. The molecule has 0 saturated carbocycles. The van der Waals surface area contributed by atoms with E-state index in [0.29, 0.717) is 31.5 Å². The second-order valence-corrected chi connectivity index (χ2v) is 7.06. The molecule has 7 heteroatoms. The standard InChI is InChI=1S/C19H23N3O4/c1-12(2)5-7-19(18(25)26)6-4-8-22(11-19)17(24)15-9-14(10-20)16(23)21-13(15)3/h5,9H,4,6-8,11H2,1-3H3,(H,21,23)(H,25,26)/t19-/m1/s1. The molecule has 1 aliphatic heterocycles. The number of carboxylic acid groups (broad SMARTS) is 1. The molecule has 2 heterocycles. The molecule has 0 aliphatic carbocycles. The van der Waals surface area contributed by atoms with Gasteiger partial charge in [-0.1, -0.05) is 11.6 Å². The zero-order chi connectivity index (χ0) is 19.5. The third-order valence-corrected chi connectivity index (χ3v) is 4.81. The fourth-order valence-corrected chi connectivity index (χ4v) is 3.23. The lowest BCUT2D eigenvalue weighted by Crippen LogP contribution is -2.50. The Bertz CT molecular complexity index is 859. The Hall–Kier alpha value is -2.88. The molecular weight excluding hydrogens is 334 g/mol. The zero-order valence-corrected chi connectivity index (χ0v) is 15.3. The van der Waals surface area contributed by atoms with Crippen LogP contribution < -0.4 is 5.56 Å². The van der Waals surface area contributed by atoms with Gasteiger partial charge in [0, 0.05) is 18.8 Å². The van der Waals surface area contributed by atoms with E-state index in [0.717, 1.165) is 5.57 Å². The van der Waals surface area contributed by atoms with Gasteiger partial charge in [0.15, 0.2) is 0 Å². The Morgan fingerprint density at radius 1 is 1.46 bits per heavy atom. The van der Waals surface area contributed by atoms with Crippen molar-refractivity contribution >= 4 is 11.9 Å². The summed E-state index contributed by atoms with van der Waals surface area (Å²) in [6, 6.07) is 3.05. The van der Waals surface area contributed by atoms with Crippen LogP contribution >= 0.6 is 0 Å². The van der Waals surface area contributed by atoms with E-state index in [2.05, 4.69) is 4.98 Å². The summed E-state index contributed by atoms with van der Waals surface area (Å²) >= 11 is 0. The van der Waals surface area contributed by atoms with Gasteiger partial charge in [0.2, 0.25) is 0 Å². The lowest BCUT2D eigenvalue weighted by Gasteiger charge is -2.39. The van der Waals surface area contributed by atoms with Gasteiger partial charge in [-0.15, -0.1) is 0 Å². The Balaban J connectivity index is 2.35. The van der Waals surface area contributed by atoms with Gasteiger partial charge >= 0.3 is 5.97 Å². The second kappa shape index (κ2) is 7.56. The number of nitriles is 1. The SMILES string of the molecule is CC(C)=CC[C@]1(C(=O)O)CCCN(C(=O)c2cc(C#N)c(=O)[nH]c2C)C1. The Kier molecular flexibility index (Phi) is 5.66. The smallest absolute Gasteiger partial charge is 0.311 e. The number of likely N-dealkylation sites (tertiary alicyclic amines) is 1. The molecule has 2 rings (SSSR count). The van der Waals surface area contributed by atoms with Gasteiger partial charge in [-0.25, -0.2) is 0 Å². The first-order valence-corrected chi connectivity index (χ1v) is 8.50. The fraction of sp³-hybridized carbons (Fsp3) is 0.474. The topological polar surface area (TPSA) is 114 Å². The molecule has 0 radical (unpaired) electrons. The Labute approximate surface area is 151 Å². The number of hydrogen-bond acceptors (Lipinski definition) is 4. The van der Waals surface area contributed by atoms with E-state index in [4.69, 9.17) is 5.26 Å². The number of hydrogen-bond donors (Lipinski definition) is 2. The molecule has 0 spiro atoms. The molecule has 0 unspecified atom stereocenters. The number of aromatic amines is 1. The van der Waals surface area contributed by atoms with Gasteiger partial charge in [-0.2, -0.15) is 5.26 Å². The third-order valence-electron chi connectivity index (χ3n) is 4.81. The summed E-state index contributed by atoms with van der Waals surface area (Å²) in [6.07, 6.45) is 3.34. The van der Waals surface area contributed by atoms with Crippen molar-refractivity contribution in [3.63, 3.8) is 0 Å². The average Bonchev–Trinajstić information content (AvgIpc) is 2.59. The molecule has 138 valence electrons. The molecule has 1 saturated heterocycles. The van der Waals surface area contributed by atoms with Crippen molar-refractivity contribution in [2.75, 3.05) is 13.1 Å². The fourth-order valence-electron chi connectivity index (χ4n) is 3.23. The van der Waals surface area contributed by atoms with Crippen molar-refractivity contribution < 1.29 is 14.7 Å². The molecule has 2 N–H and O–H groups in total. The maximum absolute atomic E-state index is 12.9. The molecule has 7 nitrogen and oxygen atoms in total. The summed E-state index contributed by atoms with van der Waals surface area (Å²) in [7, 11) is 0. The van der Waals surface area contributed by atoms with Gasteiger partial charge < -0.3 is 15.0 Å². The normalized spacial score (nSPS) is 19.5. The predicted molar refractivity (Wildman–Crippen MR) is 95.8 cm³/mol. The number of aromatic nitrogens is 1. The summed E-state index contributed by atoms with van der Waals surface area (Å²) in [6.45, 7) is 5.96. The number of carbonyl (C=O) groups is 2. The van der Waals surface area contributed by atoms with Crippen molar-refractivity contribution in [1.82, 2.24) is 9.88 Å². The van der Waals surface area contributed by atoms with Crippen LogP contribution in [-0.2, 0) is 4.79 Å². The minimum Gasteiger partial charge on any atom is -0.481 e. The Morgan fingerprint density at radius 3 is 2.73 bits per heavy atom. The largest absolute Gasteiger partial charge is 0.481 e. The third kappa shape index (κ3) is 3.85. The molecule has 0 aromatic carbocycles. The number of carboxylic acids is 1. The maximum Gasteiger partial charge on any atom is 0.311 e. The van der Waals surface area contributed by atoms with Crippen LogP contribution in [0.2, 0.25) is 0 Å². The quantitative estimate of drug-likeness (QED) is 0.802. The first-order chi connectivity index (χ1) is 12.2. The minimum atomic E-state index is -1.01. The number of aliphatic carboxylic acids is 1. The number of piperidine rings is 1. The van der Waals surface area contributed by atoms with Crippen LogP contribution in [0.4, 0.5) is 0 Å². The van der Waals surface area contributed by atoms with Crippen molar-refractivity contribution in [1.29, 1.82) is 5.26 Å². The molecule has 1 fully saturated rings. The van der Waals surface area contributed by atoms with E-state index in [9.17, 15) is 19.5 Å². The zero-order valence-electron chi connectivity index (χ0n) is 15.3. The van der Waals surface area contributed by atoms with E-state index >= 15 is 0 Å². The molecule has 1 aromatic heterocycles.